The molecule has 1 atom stereocenters. The molecule has 0 saturated carbocycles. The molecule has 1 aliphatic rings. The highest BCUT2D eigenvalue weighted by Crippen LogP contribution is 2.32. The summed E-state index contributed by atoms with van der Waals surface area (Å²) in [6.45, 7) is 3.14. The van der Waals surface area contributed by atoms with Crippen molar-refractivity contribution in [1.29, 1.82) is 0 Å². The van der Waals surface area contributed by atoms with Crippen LogP contribution >= 0.6 is 11.8 Å². The summed E-state index contributed by atoms with van der Waals surface area (Å²) < 4.78 is 11.3. The minimum atomic E-state index is -0.161. The number of anilines is 4. The van der Waals surface area contributed by atoms with Crippen molar-refractivity contribution < 1.29 is 14.3 Å². The van der Waals surface area contributed by atoms with E-state index in [-0.39, 0.29) is 22.9 Å². The molecule has 10 heteroatoms. The highest BCUT2D eigenvalue weighted by atomic mass is 32.2. The standard InChI is InChI=1S/C22H24N6O3S/c1-14(20-26-21(23)28-22(27-20)25-15-6-3-2-4-7-15)32-13-19(29)24-16-8-9-17-18(12-16)31-11-5-10-30-17/h2-4,6-9,12,14H,5,10-11,13H2,1H3,(H,24,29)(H3,23,25,26,27,28)/t14-/m0/s1. The summed E-state index contributed by atoms with van der Waals surface area (Å²) in [7, 11) is 0. The monoisotopic (exact) mass is 452 g/mol. The van der Waals surface area contributed by atoms with Gasteiger partial charge in [0.05, 0.1) is 24.2 Å². The van der Waals surface area contributed by atoms with Crippen LogP contribution in [0.4, 0.5) is 23.3 Å². The van der Waals surface area contributed by atoms with Gasteiger partial charge in [0.25, 0.3) is 0 Å². The first-order valence-corrected chi connectivity index (χ1v) is 11.3. The molecule has 0 bridgehead atoms. The van der Waals surface area contributed by atoms with Crippen molar-refractivity contribution >= 4 is 40.9 Å². The summed E-state index contributed by atoms with van der Waals surface area (Å²) in [4.78, 5) is 25.3. The fourth-order valence-corrected chi connectivity index (χ4v) is 3.74. The van der Waals surface area contributed by atoms with Gasteiger partial charge in [0.15, 0.2) is 11.5 Å². The minimum absolute atomic E-state index is 0.123. The molecule has 1 aromatic heterocycles. The number of amides is 1. The second-order valence-electron chi connectivity index (χ2n) is 7.08. The molecule has 0 spiro atoms. The van der Waals surface area contributed by atoms with Gasteiger partial charge in [-0.15, -0.1) is 11.8 Å². The Labute approximate surface area is 190 Å². The summed E-state index contributed by atoms with van der Waals surface area (Å²) in [6.07, 6.45) is 0.828. The molecule has 0 radical (unpaired) electrons. The molecule has 2 aromatic carbocycles. The van der Waals surface area contributed by atoms with Gasteiger partial charge >= 0.3 is 0 Å². The Balaban J connectivity index is 1.34. The topological polar surface area (TPSA) is 124 Å². The molecule has 4 N–H and O–H groups in total. The number of para-hydroxylation sites is 1. The van der Waals surface area contributed by atoms with Crippen LogP contribution in [-0.4, -0.2) is 39.8 Å². The summed E-state index contributed by atoms with van der Waals surface area (Å²) in [5, 5.41) is 5.84. The summed E-state index contributed by atoms with van der Waals surface area (Å²) in [5.74, 6) is 2.41. The zero-order chi connectivity index (χ0) is 22.3. The maximum atomic E-state index is 12.5. The van der Waals surface area contributed by atoms with E-state index in [0.717, 1.165) is 12.1 Å². The van der Waals surface area contributed by atoms with E-state index in [1.807, 2.05) is 37.3 Å². The number of benzene rings is 2. The molecule has 2 heterocycles. The van der Waals surface area contributed by atoms with Gasteiger partial charge in [-0.1, -0.05) is 18.2 Å². The number of hydrogen-bond donors (Lipinski definition) is 3. The Morgan fingerprint density at radius 2 is 1.84 bits per heavy atom. The molecule has 166 valence electrons. The molecule has 4 rings (SSSR count). The predicted molar refractivity (Wildman–Crippen MR) is 126 cm³/mol. The van der Waals surface area contributed by atoms with E-state index in [1.165, 1.54) is 11.8 Å². The molecule has 0 aliphatic carbocycles. The number of hydrogen-bond acceptors (Lipinski definition) is 9. The molecule has 1 amide bonds. The number of fused-ring (bicyclic) bond motifs is 1. The van der Waals surface area contributed by atoms with Gasteiger partial charge < -0.3 is 25.8 Å². The van der Waals surface area contributed by atoms with Crippen LogP contribution in [0.15, 0.2) is 48.5 Å². The zero-order valence-electron chi connectivity index (χ0n) is 17.6. The largest absolute Gasteiger partial charge is 0.490 e. The second kappa shape index (κ2) is 10.2. The Hall–Kier alpha value is -3.53. The van der Waals surface area contributed by atoms with E-state index in [4.69, 9.17) is 15.2 Å². The molecule has 0 fully saturated rings. The Morgan fingerprint density at radius 3 is 2.66 bits per heavy atom. The summed E-state index contributed by atoms with van der Waals surface area (Å²) in [6, 6.07) is 14.9. The van der Waals surface area contributed by atoms with Gasteiger partial charge in [-0.05, 0) is 31.2 Å². The molecular formula is C22H24N6O3S. The lowest BCUT2D eigenvalue weighted by Gasteiger charge is -2.13. The summed E-state index contributed by atoms with van der Waals surface area (Å²) in [5.41, 5.74) is 7.37. The van der Waals surface area contributed by atoms with Gasteiger partial charge in [-0.2, -0.15) is 15.0 Å². The smallest absolute Gasteiger partial charge is 0.234 e. The van der Waals surface area contributed by atoms with E-state index in [0.29, 0.717) is 42.2 Å². The van der Waals surface area contributed by atoms with Gasteiger partial charge in [0.2, 0.25) is 17.8 Å². The van der Waals surface area contributed by atoms with Crippen LogP contribution in [0.5, 0.6) is 11.5 Å². The van der Waals surface area contributed by atoms with Gasteiger partial charge in [-0.3, -0.25) is 4.79 Å². The van der Waals surface area contributed by atoms with E-state index in [9.17, 15) is 4.79 Å². The van der Waals surface area contributed by atoms with Crippen molar-refractivity contribution in [2.24, 2.45) is 0 Å². The third kappa shape index (κ3) is 5.79. The Morgan fingerprint density at radius 1 is 1.06 bits per heavy atom. The van der Waals surface area contributed by atoms with Crippen LogP contribution in [0.2, 0.25) is 0 Å². The number of nitrogen functional groups attached to an aromatic ring is 1. The number of nitrogens with zero attached hydrogens (tertiary/aromatic N) is 3. The van der Waals surface area contributed by atoms with Crippen LogP contribution in [0, 0.1) is 0 Å². The van der Waals surface area contributed by atoms with E-state index in [2.05, 4.69) is 25.6 Å². The SMILES string of the molecule is C[C@H](SCC(=O)Nc1ccc2c(c1)OCCCO2)c1nc(N)nc(Nc2ccccc2)n1. The third-order valence-electron chi connectivity index (χ3n) is 4.56. The van der Waals surface area contributed by atoms with E-state index in [1.54, 1.807) is 18.2 Å². The van der Waals surface area contributed by atoms with Gasteiger partial charge in [0.1, 0.15) is 5.82 Å². The molecule has 1 aliphatic heterocycles. The predicted octanol–water partition coefficient (Wildman–Crippen LogP) is 3.79. The van der Waals surface area contributed by atoms with Crippen molar-refractivity contribution in [3.63, 3.8) is 0 Å². The first-order chi connectivity index (χ1) is 15.6. The lowest BCUT2D eigenvalue weighted by atomic mass is 10.2. The molecule has 9 nitrogen and oxygen atoms in total. The molecular weight excluding hydrogens is 428 g/mol. The van der Waals surface area contributed by atoms with E-state index < -0.39 is 0 Å². The number of rotatable bonds is 7. The van der Waals surface area contributed by atoms with Crippen LogP contribution in [0.25, 0.3) is 0 Å². The van der Waals surface area contributed by atoms with Gasteiger partial charge in [-0.25, -0.2) is 0 Å². The van der Waals surface area contributed by atoms with Gasteiger partial charge in [0, 0.05) is 23.9 Å². The van der Waals surface area contributed by atoms with Crippen molar-refractivity contribution in [2.75, 3.05) is 35.3 Å². The maximum absolute atomic E-state index is 12.5. The number of carbonyl (C=O) groups is 1. The number of thioether (sulfide) groups is 1. The van der Waals surface area contributed by atoms with Crippen LogP contribution in [0.3, 0.4) is 0 Å². The van der Waals surface area contributed by atoms with Crippen molar-refractivity contribution in [2.45, 2.75) is 18.6 Å². The molecule has 3 aromatic rings. The van der Waals surface area contributed by atoms with Crippen LogP contribution < -0.4 is 25.8 Å². The Bertz CT molecular complexity index is 1080. The fraction of sp³-hybridized carbons (Fsp3) is 0.273. The fourth-order valence-electron chi connectivity index (χ4n) is 3.01. The molecule has 0 unspecified atom stereocenters. The first-order valence-electron chi connectivity index (χ1n) is 10.2. The maximum Gasteiger partial charge on any atom is 0.234 e. The lowest BCUT2D eigenvalue weighted by Crippen LogP contribution is -2.15. The number of nitrogens with two attached hydrogens (primary N) is 1. The number of carbonyl (C=O) groups excluding carboxylic acids is 1. The Kier molecular flexibility index (Phi) is 6.90. The first kappa shape index (κ1) is 21.7. The second-order valence-corrected chi connectivity index (χ2v) is 8.41. The van der Waals surface area contributed by atoms with Crippen molar-refractivity contribution in [3.05, 3.63) is 54.4 Å². The van der Waals surface area contributed by atoms with Crippen LogP contribution in [0.1, 0.15) is 24.4 Å². The number of ether oxygens (including phenoxy) is 2. The number of aromatic nitrogens is 3. The number of nitrogens with one attached hydrogen (secondary N) is 2. The quantitative estimate of drug-likeness (QED) is 0.491. The highest BCUT2D eigenvalue weighted by Gasteiger charge is 2.16. The third-order valence-corrected chi connectivity index (χ3v) is 5.70. The lowest BCUT2D eigenvalue weighted by molar-refractivity contribution is -0.113. The van der Waals surface area contributed by atoms with Crippen LogP contribution in [-0.2, 0) is 4.79 Å². The summed E-state index contributed by atoms with van der Waals surface area (Å²) >= 11 is 1.41. The zero-order valence-corrected chi connectivity index (χ0v) is 18.4. The normalized spacial score (nSPS) is 13.7. The minimum Gasteiger partial charge on any atom is -0.490 e. The average Bonchev–Trinajstić information content (AvgIpc) is 3.03. The highest BCUT2D eigenvalue weighted by molar-refractivity contribution is 8.00. The van der Waals surface area contributed by atoms with E-state index >= 15 is 0 Å². The molecule has 32 heavy (non-hydrogen) atoms. The molecule has 0 saturated heterocycles. The van der Waals surface area contributed by atoms with Crippen molar-refractivity contribution in [1.82, 2.24) is 15.0 Å². The average molecular weight is 453 g/mol. The van der Waals surface area contributed by atoms with Crippen molar-refractivity contribution in [3.8, 4) is 11.5 Å².